The lowest BCUT2D eigenvalue weighted by Gasteiger charge is -2.45. The van der Waals surface area contributed by atoms with E-state index in [9.17, 15) is 9.90 Å². The molecule has 5 rings (SSSR count). The predicted molar refractivity (Wildman–Crippen MR) is 131 cm³/mol. The monoisotopic (exact) mass is 446 g/mol. The minimum absolute atomic E-state index is 0.205. The fourth-order valence-corrected chi connectivity index (χ4v) is 5.80. The number of nitrogens with zero attached hydrogens (tertiary/aromatic N) is 3. The maximum atomic E-state index is 12.8. The Morgan fingerprint density at radius 3 is 2.55 bits per heavy atom. The van der Waals surface area contributed by atoms with E-state index in [1.165, 1.54) is 24.9 Å². The second-order valence-electron chi connectivity index (χ2n) is 10.4. The number of pyridine rings is 1. The van der Waals surface area contributed by atoms with Crippen LogP contribution in [0.3, 0.4) is 0 Å². The number of carbonyl (C=O) groups is 1. The summed E-state index contributed by atoms with van der Waals surface area (Å²) in [6, 6.07) is 11.2. The summed E-state index contributed by atoms with van der Waals surface area (Å²) in [6.45, 7) is 6.93. The van der Waals surface area contributed by atoms with E-state index >= 15 is 0 Å². The number of benzene rings is 1. The van der Waals surface area contributed by atoms with Gasteiger partial charge in [0.05, 0.1) is 11.7 Å². The summed E-state index contributed by atoms with van der Waals surface area (Å²) in [7, 11) is 0. The summed E-state index contributed by atoms with van der Waals surface area (Å²) in [5.74, 6) is 0.616. The zero-order valence-electron chi connectivity index (χ0n) is 19.6. The second kappa shape index (κ2) is 8.65. The van der Waals surface area contributed by atoms with Crippen LogP contribution in [0.5, 0.6) is 0 Å². The van der Waals surface area contributed by atoms with Crippen LogP contribution < -0.4 is 5.73 Å². The average molecular weight is 447 g/mol. The van der Waals surface area contributed by atoms with Crippen LogP contribution in [0.25, 0.3) is 11.1 Å². The first-order chi connectivity index (χ1) is 15.9. The molecule has 3 aliphatic rings. The van der Waals surface area contributed by atoms with Crippen LogP contribution in [-0.4, -0.2) is 51.8 Å². The number of rotatable bonds is 4. The van der Waals surface area contributed by atoms with Crippen molar-refractivity contribution in [1.82, 2.24) is 9.88 Å². The zero-order chi connectivity index (χ0) is 23.2. The number of aromatic nitrogens is 1. The summed E-state index contributed by atoms with van der Waals surface area (Å²) < 4.78 is 0. The van der Waals surface area contributed by atoms with Crippen molar-refractivity contribution >= 4 is 17.4 Å². The molecule has 2 atom stereocenters. The van der Waals surface area contributed by atoms with Crippen LogP contribution in [0.15, 0.2) is 41.5 Å². The molecule has 2 saturated carbocycles. The molecule has 1 aliphatic heterocycles. The standard InChI is InChI=1S/C27H34N4O2/c1-17(2)31-15-21-11-12-27(21,16-31)20-5-3-18(4-6-20)19-13-24(25(28)29-14-19)26(33)30-22-7-9-23(32)10-8-22/h3-6,13-14,17,21,23,32H,7-12,15-16H2,1-2H3,(H2,28,29)/t21-,23?,27+/m1/s1. The Kier molecular flexibility index (Phi) is 5.83. The first-order valence-electron chi connectivity index (χ1n) is 12.2. The predicted octanol–water partition coefficient (Wildman–Crippen LogP) is 4.22. The lowest BCUT2D eigenvalue weighted by molar-refractivity contribution is 0.100. The normalized spacial score (nSPS) is 27.3. The summed E-state index contributed by atoms with van der Waals surface area (Å²) in [5.41, 5.74) is 10.8. The Morgan fingerprint density at radius 1 is 1.18 bits per heavy atom. The first kappa shape index (κ1) is 22.2. The van der Waals surface area contributed by atoms with E-state index in [-0.39, 0.29) is 17.8 Å². The van der Waals surface area contributed by atoms with E-state index in [2.05, 4.69) is 53.0 Å². The van der Waals surface area contributed by atoms with Crippen LogP contribution in [0, 0.1) is 5.92 Å². The van der Waals surface area contributed by atoms with Gasteiger partial charge >= 0.3 is 0 Å². The molecule has 3 fully saturated rings. The average Bonchev–Trinajstić information content (AvgIpc) is 3.07. The van der Waals surface area contributed by atoms with Gasteiger partial charge in [0.1, 0.15) is 5.82 Å². The largest absolute Gasteiger partial charge is 0.393 e. The van der Waals surface area contributed by atoms with Gasteiger partial charge in [0, 0.05) is 42.0 Å². The Bertz CT molecular complexity index is 1070. The van der Waals surface area contributed by atoms with Crippen LogP contribution >= 0.6 is 0 Å². The topological polar surface area (TPSA) is 91.8 Å². The van der Waals surface area contributed by atoms with Gasteiger partial charge in [-0.15, -0.1) is 0 Å². The molecule has 0 radical (unpaired) electrons. The quantitative estimate of drug-likeness (QED) is 0.734. The number of carbonyl (C=O) groups excluding carboxylic acids is 1. The Morgan fingerprint density at radius 2 is 1.91 bits per heavy atom. The minimum Gasteiger partial charge on any atom is -0.393 e. The molecular formula is C27H34N4O2. The molecule has 1 amide bonds. The van der Waals surface area contributed by atoms with Crippen molar-refractivity contribution in [3.05, 3.63) is 47.7 Å². The maximum absolute atomic E-state index is 12.8. The molecule has 2 heterocycles. The molecule has 0 bridgehead atoms. The number of hydrogen-bond acceptors (Lipinski definition) is 5. The highest BCUT2D eigenvalue weighted by Gasteiger charge is 2.53. The molecule has 0 unspecified atom stereocenters. The van der Waals surface area contributed by atoms with Gasteiger partial charge in [-0.1, -0.05) is 24.3 Å². The van der Waals surface area contributed by atoms with E-state index in [0.717, 1.165) is 29.3 Å². The van der Waals surface area contributed by atoms with Gasteiger partial charge in [0.25, 0.3) is 5.91 Å². The molecule has 33 heavy (non-hydrogen) atoms. The number of anilines is 1. The van der Waals surface area contributed by atoms with E-state index < -0.39 is 0 Å². The van der Waals surface area contributed by atoms with E-state index in [1.807, 2.05) is 6.07 Å². The summed E-state index contributed by atoms with van der Waals surface area (Å²) in [4.78, 5) is 24.0. The molecule has 0 spiro atoms. The molecule has 2 aromatic rings. The highest BCUT2D eigenvalue weighted by atomic mass is 16.3. The third kappa shape index (κ3) is 4.11. The SMILES string of the molecule is CC(C)N1C[C@H]2CC[C@@]2(c2ccc(-c3cnc(N)c(C(=O)N=C4CCC(O)CC4)c3)cc2)C1. The Hall–Kier alpha value is -2.57. The fraction of sp³-hybridized carbons (Fsp3) is 0.519. The number of hydrogen-bond donors (Lipinski definition) is 2. The third-order valence-electron chi connectivity index (χ3n) is 8.12. The van der Waals surface area contributed by atoms with Gasteiger partial charge in [-0.05, 0) is 75.5 Å². The van der Waals surface area contributed by atoms with Gasteiger partial charge in [-0.25, -0.2) is 9.98 Å². The Balaban J connectivity index is 1.36. The highest BCUT2D eigenvalue weighted by Crippen LogP contribution is 2.54. The van der Waals surface area contributed by atoms with E-state index in [1.54, 1.807) is 6.20 Å². The molecule has 6 nitrogen and oxygen atoms in total. The number of likely N-dealkylation sites (tertiary alicyclic amines) is 1. The van der Waals surface area contributed by atoms with Crippen LogP contribution in [0.2, 0.25) is 0 Å². The second-order valence-corrected chi connectivity index (χ2v) is 10.4. The number of amides is 1. The molecule has 1 aromatic heterocycles. The van der Waals surface area contributed by atoms with Crippen molar-refractivity contribution in [3.63, 3.8) is 0 Å². The number of aliphatic hydroxyl groups excluding tert-OH is 1. The van der Waals surface area contributed by atoms with E-state index in [4.69, 9.17) is 5.73 Å². The van der Waals surface area contributed by atoms with Crippen LogP contribution in [0.4, 0.5) is 5.82 Å². The highest BCUT2D eigenvalue weighted by molar-refractivity contribution is 6.07. The summed E-state index contributed by atoms with van der Waals surface area (Å²) in [6.07, 6.45) is 6.64. The lowest BCUT2D eigenvalue weighted by Crippen LogP contribution is -2.43. The number of nitrogens with two attached hydrogens (primary N) is 1. The molecule has 6 heteroatoms. The number of nitrogen functional groups attached to an aromatic ring is 1. The number of aliphatic hydroxyl groups is 1. The molecule has 174 valence electrons. The minimum atomic E-state index is -0.346. The van der Waals surface area contributed by atoms with Crippen molar-refractivity contribution in [2.24, 2.45) is 10.9 Å². The maximum Gasteiger partial charge on any atom is 0.280 e. The molecule has 3 N–H and O–H groups in total. The lowest BCUT2D eigenvalue weighted by atomic mass is 9.58. The van der Waals surface area contributed by atoms with Crippen molar-refractivity contribution in [2.75, 3.05) is 18.8 Å². The third-order valence-corrected chi connectivity index (χ3v) is 8.12. The van der Waals surface area contributed by atoms with Crippen molar-refractivity contribution in [1.29, 1.82) is 0 Å². The summed E-state index contributed by atoms with van der Waals surface area (Å²) >= 11 is 0. The van der Waals surface area contributed by atoms with Crippen LogP contribution in [0.1, 0.15) is 68.3 Å². The van der Waals surface area contributed by atoms with Gasteiger partial charge in [0.2, 0.25) is 0 Å². The smallest absolute Gasteiger partial charge is 0.280 e. The number of aliphatic imine (C=N–C) groups is 1. The molecule has 2 aliphatic carbocycles. The van der Waals surface area contributed by atoms with Gasteiger partial charge in [-0.2, -0.15) is 0 Å². The molecule has 1 aromatic carbocycles. The van der Waals surface area contributed by atoms with Gasteiger partial charge in [-0.3, -0.25) is 9.69 Å². The molecular weight excluding hydrogens is 412 g/mol. The summed E-state index contributed by atoms with van der Waals surface area (Å²) in [5, 5.41) is 9.67. The zero-order valence-corrected chi connectivity index (χ0v) is 19.6. The van der Waals surface area contributed by atoms with Crippen molar-refractivity contribution in [3.8, 4) is 11.1 Å². The molecule has 1 saturated heterocycles. The number of fused-ring (bicyclic) bond motifs is 1. The van der Waals surface area contributed by atoms with Gasteiger partial charge in [0.15, 0.2) is 0 Å². The fourth-order valence-electron chi connectivity index (χ4n) is 5.80. The van der Waals surface area contributed by atoms with E-state index in [0.29, 0.717) is 42.7 Å². The van der Waals surface area contributed by atoms with Crippen LogP contribution in [-0.2, 0) is 5.41 Å². The van der Waals surface area contributed by atoms with Crippen molar-refractivity contribution < 1.29 is 9.90 Å². The van der Waals surface area contributed by atoms with Crippen molar-refractivity contribution in [2.45, 2.75) is 69.9 Å². The van der Waals surface area contributed by atoms with Gasteiger partial charge < -0.3 is 10.8 Å². The first-order valence-corrected chi connectivity index (χ1v) is 12.2. The Labute approximate surface area is 195 Å².